The minimum absolute atomic E-state index is 0.0187. The zero-order valence-corrected chi connectivity index (χ0v) is 25.4. The lowest BCUT2D eigenvalue weighted by Crippen LogP contribution is -2.30. The Balaban J connectivity index is 2.09. The predicted octanol–water partition coefficient (Wildman–Crippen LogP) is 5.85. The van der Waals surface area contributed by atoms with Crippen LogP contribution in [0.25, 0.3) is 11.3 Å². The molecule has 2 aromatic carbocycles. The number of ether oxygens (including phenoxy) is 1. The topological polar surface area (TPSA) is 123 Å². The summed E-state index contributed by atoms with van der Waals surface area (Å²) in [5, 5.41) is 0. The molecule has 0 saturated heterocycles. The summed E-state index contributed by atoms with van der Waals surface area (Å²) in [6, 6.07) is 9.40. The summed E-state index contributed by atoms with van der Waals surface area (Å²) in [4.78, 5) is 25.7. The summed E-state index contributed by atoms with van der Waals surface area (Å²) in [6.07, 6.45) is 1.40. The van der Waals surface area contributed by atoms with Crippen LogP contribution in [-0.2, 0) is 40.4 Å². The molecule has 15 heteroatoms. The van der Waals surface area contributed by atoms with Crippen LogP contribution >= 0.6 is 23.5 Å². The molecule has 0 fully saturated rings. The fourth-order valence-corrected chi connectivity index (χ4v) is 6.86. The number of carbonyl (C=O) groups excluding carboxylic acids is 1. The number of carbonyl (C=O) groups is 1. The van der Waals surface area contributed by atoms with Crippen molar-refractivity contribution in [2.45, 2.75) is 37.9 Å². The number of rotatable bonds is 11. The predicted molar refractivity (Wildman–Crippen MR) is 148 cm³/mol. The van der Waals surface area contributed by atoms with Gasteiger partial charge in [-0.15, -0.1) is 0 Å². The van der Waals surface area contributed by atoms with E-state index in [2.05, 4.69) is 15.9 Å². The number of aromatic nitrogens is 2. The van der Waals surface area contributed by atoms with Crippen LogP contribution in [0.1, 0.15) is 31.9 Å². The van der Waals surface area contributed by atoms with E-state index in [0.29, 0.717) is 11.1 Å². The Hall–Kier alpha value is -2.64. The van der Waals surface area contributed by atoms with Gasteiger partial charge in [0, 0.05) is 22.5 Å². The van der Waals surface area contributed by atoms with Gasteiger partial charge in [0.2, 0.25) is 0 Å². The second kappa shape index (κ2) is 12.5. The van der Waals surface area contributed by atoms with E-state index in [9.17, 15) is 22.6 Å². The maximum absolute atomic E-state index is 15.3. The van der Waals surface area contributed by atoms with Crippen molar-refractivity contribution in [2.24, 2.45) is 0 Å². The van der Waals surface area contributed by atoms with Crippen LogP contribution in [0.4, 0.5) is 13.6 Å². The van der Waals surface area contributed by atoms with E-state index in [1.165, 1.54) is 61.0 Å². The van der Waals surface area contributed by atoms with E-state index >= 15 is 8.78 Å². The van der Waals surface area contributed by atoms with E-state index in [1.54, 1.807) is 6.92 Å². The quantitative estimate of drug-likeness (QED) is 0.234. The summed E-state index contributed by atoms with van der Waals surface area (Å²) >= 11 is 3.11. The molecule has 1 heterocycles. The molecule has 0 saturated carbocycles. The third kappa shape index (κ3) is 6.46. The Morgan fingerprint density at radius 1 is 1.02 bits per heavy atom. The van der Waals surface area contributed by atoms with Crippen molar-refractivity contribution < 1.29 is 40.3 Å². The number of halogens is 3. The van der Waals surface area contributed by atoms with E-state index in [4.69, 9.17) is 13.8 Å². The number of benzene rings is 2. The zero-order valence-electron chi connectivity index (χ0n) is 22.1. The van der Waals surface area contributed by atoms with Gasteiger partial charge in [-0.3, -0.25) is 9.13 Å². The number of imidazole rings is 1. The first-order valence-electron chi connectivity index (χ1n) is 12.1. The molecule has 0 aliphatic heterocycles. The van der Waals surface area contributed by atoms with Crippen molar-refractivity contribution in [1.82, 2.24) is 9.13 Å². The molecule has 3 rings (SSSR count). The summed E-state index contributed by atoms with van der Waals surface area (Å²) in [5.74, 6) is 0. The lowest BCUT2D eigenvalue weighted by molar-refractivity contribution is 0.0354. The average molecular weight is 665 g/mol. The van der Waals surface area contributed by atoms with Gasteiger partial charge in [-0.05, 0) is 50.1 Å². The molecular formula is C25H28BrF2N2O8PS. The summed E-state index contributed by atoms with van der Waals surface area (Å²) < 4.78 is 83.8. The molecular weight excluding hydrogens is 637 g/mol. The highest BCUT2D eigenvalue weighted by Crippen LogP contribution is 2.67. The van der Waals surface area contributed by atoms with Crippen molar-refractivity contribution in [2.75, 3.05) is 26.1 Å². The Labute approximate surface area is 238 Å². The average Bonchev–Trinajstić information content (AvgIpc) is 3.19. The molecule has 1 aromatic heterocycles. The number of hydrogen-bond acceptors (Lipinski definition) is 8. The van der Waals surface area contributed by atoms with Gasteiger partial charge < -0.3 is 13.8 Å². The normalized spacial score (nSPS) is 12.5. The first-order chi connectivity index (χ1) is 18.7. The second-order valence-electron chi connectivity index (χ2n) is 8.44. The van der Waals surface area contributed by atoms with Gasteiger partial charge in [-0.1, -0.05) is 40.2 Å². The Bertz CT molecular complexity index is 1590. The fraction of sp³-hybridized carbons (Fsp3) is 0.360. The zero-order chi connectivity index (χ0) is 29.9. The SMILES string of the molecule is CCOC(=O)n1cc(-c2ccc(S(C)(=O)=O)cc2)n(Cc2ccc(C(F)(F)P(=O)(OCC)OCC)c(Br)c2)c1=O. The maximum Gasteiger partial charge on any atom is 0.422 e. The first kappa shape index (κ1) is 31.9. The van der Waals surface area contributed by atoms with Gasteiger partial charge in [-0.25, -0.2) is 22.6 Å². The Morgan fingerprint density at radius 2 is 1.62 bits per heavy atom. The van der Waals surface area contributed by atoms with E-state index in [-0.39, 0.29) is 41.4 Å². The van der Waals surface area contributed by atoms with Crippen molar-refractivity contribution in [1.29, 1.82) is 0 Å². The Kier molecular flexibility index (Phi) is 9.95. The van der Waals surface area contributed by atoms with Crippen molar-refractivity contribution in [3.8, 4) is 11.3 Å². The van der Waals surface area contributed by atoms with Crippen molar-refractivity contribution >= 4 is 39.5 Å². The highest BCUT2D eigenvalue weighted by Gasteiger charge is 2.55. The van der Waals surface area contributed by atoms with Crippen LogP contribution in [-0.4, -0.2) is 49.7 Å². The molecule has 40 heavy (non-hydrogen) atoms. The lowest BCUT2D eigenvalue weighted by atomic mass is 10.1. The van der Waals surface area contributed by atoms with Crippen LogP contribution in [0, 0.1) is 0 Å². The Morgan fingerprint density at radius 3 is 2.12 bits per heavy atom. The van der Waals surface area contributed by atoms with Crippen LogP contribution in [0.3, 0.4) is 0 Å². The summed E-state index contributed by atoms with van der Waals surface area (Å²) in [7, 11) is -8.33. The number of alkyl halides is 2. The van der Waals surface area contributed by atoms with E-state index in [1.807, 2.05) is 0 Å². The van der Waals surface area contributed by atoms with Gasteiger partial charge in [0.25, 0.3) is 0 Å². The second-order valence-corrected chi connectivity index (χ2v) is 13.4. The van der Waals surface area contributed by atoms with E-state index in [0.717, 1.165) is 16.9 Å². The van der Waals surface area contributed by atoms with E-state index < -0.39 is 40.4 Å². The molecule has 0 N–H and O–H groups in total. The van der Waals surface area contributed by atoms with Gasteiger partial charge >= 0.3 is 25.0 Å². The van der Waals surface area contributed by atoms with Gasteiger partial charge in [0.1, 0.15) is 0 Å². The summed E-state index contributed by atoms with van der Waals surface area (Å²) in [6.45, 7) is 3.78. The molecule has 0 atom stereocenters. The molecule has 3 aromatic rings. The van der Waals surface area contributed by atoms with Gasteiger partial charge in [0.05, 0.1) is 37.0 Å². The van der Waals surface area contributed by atoms with Gasteiger partial charge in [-0.2, -0.15) is 8.78 Å². The molecule has 0 radical (unpaired) electrons. The largest absolute Gasteiger partial charge is 0.449 e. The minimum atomic E-state index is -4.86. The van der Waals surface area contributed by atoms with Crippen LogP contribution in [0.5, 0.6) is 0 Å². The molecule has 0 aliphatic carbocycles. The molecule has 0 amide bonds. The minimum Gasteiger partial charge on any atom is -0.449 e. The summed E-state index contributed by atoms with van der Waals surface area (Å²) in [5.41, 5.74) is -4.32. The molecule has 0 unspecified atom stereocenters. The molecule has 218 valence electrons. The molecule has 0 aliphatic rings. The van der Waals surface area contributed by atoms with Crippen LogP contribution in [0.15, 0.2) is 62.8 Å². The van der Waals surface area contributed by atoms with Crippen molar-refractivity contribution in [3.05, 3.63) is 74.7 Å². The third-order valence-corrected chi connectivity index (χ3v) is 9.57. The van der Waals surface area contributed by atoms with Crippen LogP contribution in [0.2, 0.25) is 0 Å². The fourth-order valence-electron chi connectivity index (χ4n) is 3.83. The number of sulfone groups is 1. The highest BCUT2D eigenvalue weighted by atomic mass is 79.9. The lowest BCUT2D eigenvalue weighted by Gasteiger charge is -2.26. The highest BCUT2D eigenvalue weighted by molar-refractivity contribution is 9.10. The molecule has 0 bridgehead atoms. The molecule has 10 nitrogen and oxygen atoms in total. The van der Waals surface area contributed by atoms with Crippen LogP contribution < -0.4 is 5.69 Å². The standard InChI is InChI=1S/C25H28BrF2N2O8PS/c1-5-36-24(32)30-16-22(18-9-11-19(12-10-18)40(4,34)35)29(23(30)31)15-17-8-13-20(21(26)14-17)25(27,28)39(33,37-6-2)38-7-3/h8-14,16H,5-7,15H2,1-4H3. The molecule has 0 spiro atoms. The van der Waals surface area contributed by atoms with Gasteiger partial charge in [0.15, 0.2) is 9.84 Å². The number of nitrogens with zero attached hydrogens (tertiary/aromatic N) is 2. The third-order valence-electron chi connectivity index (χ3n) is 5.66. The monoisotopic (exact) mass is 664 g/mol. The smallest absolute Gasteiger partial charge is 0.422 e. The maximum atomic E-state index is 15.3. The first-order valence-corrected chi connectivity index (χ1v) is 16.3. The van der Waals surface area contributed by atoms with Crippen molar-refractivity contribution in [3.63, 3.8) is 0 Å². The number of hydrogen-bond donors (Lipinski definition) is 0.